The van der Waals surface area contributed by atoms with Crippen LogP contribution in [0, 0.1) is 11.8 Å². The van der Waals surface area contributed by atoms with Gasteiger partial charge in [-0.25, -0.2) is 14.8 Å². The molecule has 1 unspecified atom stereocenters. The molecular weight excluding hydrogens is 589 g/mol. The van der Waals surface area contributed by atoms with Crippen LogP contribution in [-0.4, -0.2) is 81.5 Å². The van der Waals surface area contributed by atoms with Crippen LogP contribution in [0.25, 0.3) is 10.2 Å². The number of hydrogen-bond acceptors (Lipinski definition) is 8. The van der Waals surface area contributed by atoms with Crippen LogP contribution in [0.15, 0.2) is 28.6 Å². The van der Waals surface area contributed by atoms with Crippen LogP contribution in [0.3, 0.4) is 0 Å². The normalized spacial score (nSPS) is 22.2. The quantitative estimate of drug-likeness (QED) is 0.361. The van der Waals surface area contributed by atoms with Gasteiger partial charge in [0.1, 0.15) is 6.04 Å². The highest BCUT2D eigenvalue weighted by atomic mass is 32.2. The maximum atomic E-state index is 13.5. The van der Waals surface area contributed by atoms with Crippen LogP contribution in [0.5, 0.6) is 0 Å². The van der Waals surface area contributed by atoms with Crippen molar-refractivity contribution in [2.45, 2.75) is 87.7 Å². The maximum Gasteiger partial charge on any atom is 0.315 e. The van der Waals surface area contributed by atoms with Gasteiger partial charge in [-0.15, -0.1) is 11.3 Å². The molecule has 2 aliphatic heterocycles. The summed E-state index contributed by atoms with van der Waals surface area (Å²) in [6.07, 6.45) is 5.85. The van der Waals surface area contributed by atoms with Crippen LogP contribution in [0.2, 0.25) is 0 Å². The van der Waals surface area contributed by atoms with E-state index in [0.717, 1.165) is 46.7 Å². The summed E-state index contributed by atoms with van der Waals surface area (Å²) in [5, 5.41) is 11.4. The monoisotopic (exact) mass is 628 g/mol. The lowest BCUT2D eigenvalue weighted by atomic mass is 9.96. The van der Waals surface area contributed by atoms with E-state index in [-0.39, 0.29) is 61.2 Å². The Labute approximate surface area is 259 Å². The van der Waals surface area contributed by atoms with Crippen molar-refractivity contribution < 1.29 is 24.0 Å². The highest BCUT2D eigenvalue weighted by Crippen LogP contribution is 2.30. The third-order valence-corrected chi connectivity index (χ3v) is 10.6. The molecule has 3 heterocycles. The van der Waals surface area contributed by atoms with Crippen LogP contribution < -0.4 is 16.0 Å². The first-order valence-electron chi connectivity index (χ1n) is 15.2. The topological polar surface area (TPSA) is 141 Å². The molecule has 3 atom stereocenters. The second-order valence-corrected chi connectivity index (χ2v) is 14.2. The van der Waals surface area contributed by atoms with E-state index in [9.17, 15) is 24.0 Å². The van der Waals surface area contributed by atoms with Crippen LogP contribution >= 0.6 is 23.1 Å². The second-order valence-electron chi connectivity index (χ2n) is 11.9. The van der Waals surface area contributed by atoms with E-state index in [1.54, 1.807) is 0 Å². The summed E-state index contributed by atoms with van der Waals surface area (Å²) >= 11 is 2.90. The first-order chi connectivity index (χ1) is 20.7. The van der Waals surface area contributed by atoms with Gasteiger partial charge in [0, 0.05) is 19.0 Å². The molecule has 0 bridgehead atoms. The summed E-state index contributed by atoms with van der Waals surface area (Å²) in [5.74, 6) is -1.56. The number of carbonyl (C=O) groups is 5. The van der Waals surface area contributed by atoms with Gasteiger partial charge >= 0.3 is 6.03 Å². The fourth-order valence-corrected chi connectivity index (χ4v) is 7.96. The molecule has 13 heteroatoms. The van der Waals surface area contributed by atoms with Crippen molar-refractivity contribution in [2.24, 2.45) is 11.8 Å². The lowest BCUT2D eigenvalue weighted by molar-refractivity contribution is -0.170. The van der Waals surface area contributed by atoms with Gasteiger partial charge in [-0.3, -0.25) is 24.2 Å². The van der Waals surface area contributed by atoms with Gasteiger partial charge in [-0.1, -0.05) is 57.0 Å². The molecule has 1 aromatic heterocycles. The predicted octanol–water partition coefficient (Wildman–Crippen LogP) is 3.48. The zero-order chi connectivity index (χ0) is 30.5. The predicted molar refractivity (Wildman–Crippen MR) is 165 cm³/mol. The molecule has 5 rings (SSSR count). The van der Waals surface area contributed by atoms with E-state index in [0.29, 0.717) is 6.42 Å². The number of amides is 5. The third-order valence-electron chi connectivity index (χ3n) is 8.40. The number of Topliss-reactive ketones (excluding diaryl/α,β-unsaturated/α-hetero) is 1. The first-order valence-corrected chi connectivity index (χ1v) is 17.0. The minimum Gasteiger partial charge on any atom is -0.346 e. The van der Waals surface area contributed by atoms with E-state index in [4.69, 9.17) is 0 Å². The van der Waals surface area contributed by atoms with Gasteiger partial charge < -0.3 is 16.0 Å². The summed E-state index contributed by atoms with van der Waals surface area (Å²) in [5.41, 5.74) is 0.895. The van der Waals surface area contributed by atoms with E-state index in [1.807, 2.05) is 38.1 Å². The molecule has 0 spiro atoms. The van der Waals surface area contributed by atoms with Crippen LogP contribution in [0.1, 0.15) is 65.2 Å². The molecule has 1 saturated carbocycles. The number of nitrogens with one attached hydrogen (secondary N) is 3. The summed E-state index contributed by atoms with van der Waals surface area (Å²) in [6, 6.07) is 5.95. The van der Waals surface area contributed by atoms with E-state index >= 15 is 0 Å². The minimum atomic E-state index is -0.858. The summed E-state index contributed by atoms with van der Waals surface area (Å²) in [4.78, 5) is 70.4. The van der Waals surface area contributed by atoms with Crippen molar-refractivity contribution in [2.75, 3.05) is 18.8 Å². The average Bonchev–Trinajstić information content (AvgIpc) is 3.38. The Morgan fingerprint density at radius 3 is 2.53 bits per heavy atom. The van der Waals surface area contributed by atoms with Gasteiger partial charge in [0.25, 0.3) is 5.91 Å². The Kier molecular flexibility index (Phi) is 10.2. The number of thiazole rings is 1. The van der Waals surface area contributed by atoms with Gasteiger partial charge in [-0.2, -0.15) is 0 Å². The van der Waals surface area contributed by atoms with Crippen molar-refractivity contribution in [3.8, 4) is 0 Å². The van der Waals surface area contributed by atoms with E-state index < -0.39 is 29.9 Å². The highest BCUT2D eigenvalue weighted by Gasteiger charge is 2.42. The number of carbonyl (C=O) groups excluding carboxylic acids is 5. The highest BCUT2D eigenvalue weighted by molar-refractivity contribution is 8.01. The number of para-hydroxylation sites is 1. The average molecular weight is 629 g/mol. The second kappa shape index (κ2) is 14.1. The standard InChI is InChI=1S/C30H40N6O5S2/c1-18(2)26(23(37)17-42-30-33-21-10-6-7-11-24(21)43-30)34-27(39)19-14-15-35-25(38)13-12-22(28(40)36(35)16-19)32-29(41)31-20-8-4-3-5-9-20/h6-7,10-11,18-20,22,26H,3-5,8-9,12-17H2,1-2H3,(H,34,39)(H2,31,32,41)/t19?,22-,26-/m0/s1. The molecule has 0 radical (unpaired) electrons. The number of benzene rings is 1. The fraction of sp³-hybridized carbons (Fsp3) is 0.600. The lowest BCUT2D eigenvalue weighted by Gasteiger charge is -2.41. The number of ketones is 1. The van der Waals surface area contributed by atoms with Crippen molar-refractivity contribution >= 4 is 62.9 Å². The molecule has 3 N–H and O–H groups in total. The molecule has 11 nitrogen and oxygen atoms in total. The third kappa shape index (κ3) is 7.67. The number of aromatic nitrogens is 1. The number of hydrazine groups is 1. The molecule has 1 aromatic carbocycles. The summed E-state index contributed by atoms with van der Waals surface area (Å²) < 4.78 is 1.86. The van der Waals surface area contributed by atoms with Gasteiger partial charge in [0.2, 0.25) is 11.8 Å². The Balaban J connectivity index is 1.18. The molecule has 2 saturated heterocycles. The lowest BCUT2D eigenvalue weighted by Crippen LogP contribution is -2.61. The number of rotatable bonds is 9. The van der Waals surface area contributed by atoms with Crippen molar-refractivity contribution in [3.63, 3.8) is 0 Å². The first kappa shape index (κ1) is 31.2. The number of hydrogen-bond donors (Lipinski definition) is 3. The van der Waals surface area contributed by atoms with Crippen molar-refractivity contribution in [1.82, 2.24) is 31.0 Å². The molecular formula is C30H40N6O5S2. The maximum absolute atomic E-state index is 13.5. The molecule has 3 aliphatic rings. The number of fused-ring (bicyclic) bond motifs is 2. The SMILES string of the molecule is CC(C)[C@H](NC(=O)C1CCN2C(=O)CC[C@H](NC(=O)NC3CCCCC3)C(=O)N2C1)C(=O)CSc1nc2ccccc2s1. The van der Waals surface area contributed by atoms with Gasteiger partial charge in [0.05, 0.1) is 34.5 Å². The van der Waals surface area contributed by atoms with Gasteiger partial charge in [0.15, 0.2) is 10.1 Å². The Hall–Kier alpha value is -3.19. The zero-order valence-electron chi connectivity index (χ0n) is 24.7. The number of thioether (sulfide) groups is 1. The Morgan fingerprint density at radius 1 is 1.02 bits per heavy atom. The van der Waals surface area contributed by atoms with E-state index in [1.165, 1.54) is 33.1 Å². The smallest absolute Gasteiger partial charge is 0.315 e. The minimum absolute atomic E-state index is 0.0122. The van der Waals surface area contributed by atoms with Crippen molar-refractivity contribution in [3.05, 3.63) is 24.3 Å². The fourth-order valence-electron chi connectivity index (χ4n) is 5.97. The number of nitrogens with zero attached hydrogens (tertiary/aromatic N) is 3. The van der Waals surface area contributed by atoms with Crippen LogP contribution in [-0.2, 0) is 19.2 Å². The summed E-state index contributed by atoms with van der Waals surface area (Å²) in [6.45, 7) is 4.01. The van der Waals surface area contributed by atoms with E-state index in [2.05, 4.69) is 20.9 Å². The Morgan fingerprint density at radius 2 is 1.79 bits per heavy atom. The summed E-state index contributed by atoms with van der Waals surface area (Å²) in [7, 11) is 0. The number of urea groups is 1. The molecule has 5 amide bonds. The van der Waals surface area contributed by atoms with Gasteiger partial charge in [-0.05, 0) is 43.7 Å². The molecule has 2 aromatic rings. The van der Waals surface area contributed by atoms with Crippen molar-refractivity contribution in [1.29, 1.82) is 0 Å². The largest absolute Gasteiger partial charge is 0.346 e. The molecule has 43 heavy (non-hydrogen) atoms. The molecule has 3 fully saturated rings. The molecule has 232 valence electrons. The molecule has 1 aliphatic carbocycles. The van der Waals surface area contributed by atoms with Crippen LogP contribution in [0.4, 0.5) is 4.79 Å². The zero-order valence-corrected chi connectivity index (χ0v) is 26.3. The Bertz CT molecular complexity index is 1330.